The molecule has 3 aromatic rings. The average Bonchev–Trinajstić information content (AvgIpc) is 3.46. The molecule has 2 amide bonds. The number of aromatic nitrogens is 3. The fourth-order valence-corrected chi connectivity index (χ4v) is 7.05. The second-order valence-corrected chi connectivity index (χ2v) is 12.5. The Morgan fingerprint density at radius 1 is 1.22 bits per heavy atom. The van der Waals surface area contributed by atoms with Crippen LogP contribution in [-0.2, 0) is 10.2 Å². The van der Waals surface area contributed by atoms with Gasteiger partial charge >= 0.3 is 0 Å². The maximum Gasteiger partial charge on any atom is 0.281 e. The first-order chi connectivity index (χ1) is 19.7. The Morgan fingerprint density at radius 3 is 2.63 bits per heavy atom. The summed E-state index contributed by atoms with van der Waals surface area (Å²) < 4.78 is 32.3. The molecular weight excluding hydrogens is 574 g/mol. The van der Waals surface area contributed by atoms with Gasteiger partial charge in [0.25, 0.3) is 12.3 Å². The molecule has 4 heterocycles. The zero-order chi connectivity index (χ0) is 28.9. The topological polar surface area (TPSA) is 101 Å². The first kappa shape index (κ1) is 27.8. The minimum atomic E-state index is -2.88. The summed E-state index contributed by atoms with van der Waals surface area (Å²) in [4.78, 5) is 34.5. The van der Waals surface area contributed by atoms with E-state index in [1.807, 2.05) is 30.0 Å². The van der Waals surface area contributed by atoms with Gasteiger partial charge in [-0.2, -0.15) is 0 Å². The van der Waals surface area contributed by atoms with Crippen molar-refractivity contribution < 1.29 is 23.1 Å². The number of ether oxygens (including phenoxy) is 1. The van der Waals surface area contributed by atoms with Crippen molar-refractivity contribution in [2.45, 2.75) is 50.5 Å². The Hall–Kier alpha value is -3.38. The summed E-state index contributed by atoms with van der Waals surface area (Å²) in [6.45, 7) is 3.57. The fraction of sp³-hybridized carbons (Fsp3) is 0.464. The highest BCUT2D eigenvalue weighted by Crippen LogP contribution is 2.50. The first-order valence-corrected chi connectivity index (χ1v) is 14.7. The van der Waals surface area contributed by atoms with Crippen LogP contribution in [-0.4, -0.2) is 59.8 Å². The van der Waals surface area contributed by atoms with Gasteiger partial charge < -0.3 is 19.9 Å². The lowest BCUT2D eigenvalue weighted by molar-refractivity contribution is -0.124. The van der Waals surface area contributed by atoms with Gasteiger partial charge in [-0.3, -0.25) is 14.6 Å². The molecule has 2 fully saturated rings. The van der Waals surface area contributed by atoms with Crippen LogP contribution < -0.4 is 19.9 Å². The molecule has 13 heteroatoms. The van der Waals surface area contributed by atoms with Gasteiger partial charge in [-0.05, 0) is 56.2 Å². The number of rotatable bonds is 7. The van der Waals surface area contributed by atoms with Crippen LogP contribution >= 0.6 is 22.9 Å². The van der Waals surface area contributed by atoms with E-state index in [2.05, 4.69) is 25.4 Å². The standard InChI is InChI=1S/C28H29ClF2N6O3S/c1-15-34-35-27(41-15)36-13-28(14-36)21-8-7-19(40-2)10-22(21)37(26(28)39)12-16-3-5-18(6-4-16)33-25(38)20-9-17(29)11-32-23(20)24(30)31/h7-11,16,18,24H,3-6,12-14H2,1-2H3,(H,33,38)/t16-,18-. The van der Waals surface area contributed by atoms with Crippen molar-refractivity contribution in [3.8, 4) is 5.75 Å². The highest BCUT2D eigenvalue weighted by atomic mass is 35.5. The Labute approximate surface area is 244 Å². The highest BCUT2D eigenvalue weighted by molar-refractivity contribution is 7.15. The van der Waals surface area contributed by atoms with Gasteiger partial charge in [0.15, 0.2) is 0 Å². The third-order valence-corrected chi connectivity index (χ3v) is 9.44. The second-order valence-electron chi connectivity index (χ2n) is 10.9. The van der Waals surface area contributed by atoms with Gasteiger partial charge in [0.2, 0.25) is 11.0 Å². The molecular formula is C28H29ClF2N6O3S. The number of nitrogens with zero attached hydrogens (tertiary/aromatic N) is 5. The molecule has 1 spiro atoms. The number of halogens is 3. The van der Waals surface area contributed by atoms with Crippen molar-refractivity contribution in [3.63, 3.8) is 0 Å². The summed E-state index contributed by atoms with van der Waals surface area (Å²) in [6.07, 6.45) is 1.16. The quantitative estimate of drug-likeness (QED) is 0.409. The van der Waals surface area contributed by atoms with E-state index in [0.717, 1.165) is 40.4 Å². The number of anilines is 2. The van der Waals surface area contributed by atoms with E-state index in [9.17, 15) is 18.4 Å². The van der Waals surface area contributed by atoms with Crippen molar-refractivity contribution >= 4 is 45.6 Å². The minimum absolute atomic E-state index is 0.0849. The summed E-state index contributed by atoms with van der Waals surface area (Å²) >= 11 is 7.43. The predicted octanol–water partition coefficient (Wildman–Crippen LogP) is 4.93. The van der Waals surface area contributed by atoms with Gasteiger partial charge in [0.1, 0.15) is 21.9 Å². The molecule has 2 aromatic heterocycles. The molecule has 0 radical (unpaired) electrons. The number of pyridine rings is 1. The van der Waals surface area contributed by atoms with Gasteiger partial charge in [0, 0.05) is 37.9 Å². The number of aryl methyl sites for hydroxylation is 1. The van der Waals surface area contributed by atoms with E-state index in [1.54, 1.807) is 7.11 Å². The van der Waals surface area contributed by atoms with Gasteiger partial charge in [0.05, 0.1) is 23.4 Å². The number of hydrogen-bond acceptors (Lipinski definition) is 8. The van der Waals surface area contributed by atoms with E-state index >= 15 is 0 Å². The van der Waals surface area contributed by atoms with E-state index < -0.39 is 23.4 Å². The molecule has 41 heavy (non-hydrogen) atoms. The monoisotopic (exact) mass is 602 g/mol. The Bertz CT molecular complexity index is 1490. The molecule has 2 aliphatic heterocycles. The lowest BCUT2D eigenvalue weighted by Crippen LogP contribution is -2.64. The molecule has 0 atom stereocenters. The normalized spacial score (nSPS) is 21.3. The van der Waals surface area contributed by atoms with Crippen LogP contribution in [0, 0.1) is 12.8 Å². The van der Waals surface area contributed by atoms with Crippen LogP contribution in [0.3, 0.4) is 0 Å². The number of hydrogen-bond donors (Lipinski definition) is 1. The number of nitrogens with one attached hydrogen (secondary N) is 1. The SMILES string of the molecule is COc1ccc2c(c1)N(C[C@H]1CC[C@H](NC(=O)c3cc(Cl)cnc3C(F)F)CC1)C(=O)C21CN(c2nnc(C)s2)C1. The predicted molar refractivity (Wildman–Crippen MR) is 151 cm³/mol. The van der Waals surface area contributed by atoms with Crippen molar-refractivity contribution in [1.82, 2.24) is 20.5 Å². The van der Waals surface area contributed by atoms with Crippen LogP contribution in [0.25, 0.3) is 0 Å². The van der Waals surface area contributed by atoms with E-state index in [1.165, 1.54) is 17.4 Å². The smallest absolute Gasteiger partial charge is 0.281 e. The second kappa shape index (κ2) is 10.8. The average molecular weight is 603 g/mol. The number of benzene rings is 1. The van der Waals surface area contributed by atoms with Gasteiger partial charge in [-0.15, -0.1) is 10.2 Å². The number of carbonyl (C=O) groups is 2. The summed E-state index contributed by atoms with van der Waals surface area (Å²) in [5, 5.41) is 13.1. The number of fused-ring (bicyclic) bond motifs is 2. The minimum Gasteiger partial charge on any atom is -0.497 e. The molecule has 9 nitrogen and oxygen atoms in total. The fourth-order valence-electron chi connectivity index (χ4n) is 6.21. The maximum atomic E-state index is 14.0. The molecule has 3 aliphatic rings. The van der Waals surface area contributed by atoms with Crippen molar-refractivity contribution in [2.75, 3.05) is 36.5 Å². The molecule has 1 saturated heterocycles. The number of methoxy groups -OCH3 is 1. The lowest BCUT2D eigenvalue weighted by atomic mass is 9.75. The third kappa shape index (κ3) is 5.01. The summed E-state index contributed by atoms with van der Waals surface area (Å²) in [5.74, 6) is 0.408. The van der Waals surface area contributed by atoms with Gasteiger partial charge in [-0.1, -0.05) is 29.0 Å². The van der Waals surface area contributed by atoms with Crippen molar-refractivity contribution in [2.24, 2.45) is 5.92 Å². The molecule has 1 aliphatic carbocycles. The molecule has 1 saturated carbocycles. The Kier molecular flexibility index (Phi) is 7.31. The van der Waals surface area contributed by atoms with E-state index in [4.69, 9.17) is 16.3 Å². The Balaban J connectivity index is 1.12. The summed E-state index contributed by atoms with van der Waals surface area (Å²) in [7, 11) is 1.61. The van der Waals surface area contributed by atoms with Crippen molar-refractivity contribution in [3.05, 3.63) is 57.3 Å². The maximum absolute atomic E-state index is 14.0. The first-order valence-electron chi connectivity index (χ1n) is 13.5. The van der Waals surface area contributed by atoms with Crippen LogP contribution in [0.1, 0.15) is 58.7 Å². The van der Waals surface area contributed by atoms with E-state index in [-0.39, 0.29) is 28.5 Å². The molecule has 1 aromatic carbocycles. The molecule has 6 rings (SSSR count). The summed E-state index contributed by atoms with van der Waals surface area (Å²) in [6, 6.07) is 6.90. The zero-order valence-corrected chi connectivity index (χ0v) is 24.1. The van der Waals surface area contributed by atoms with Crippen LogP contribution in [0.4, 0.5) is 19.6 Å². The molecule has 1 N–H and O–H groups in total. The molecule has 0 bridgehead atoms. The van der Waals surface area contributed by atoms with E-state index in [0.29, 0.717) is 38.2 Å². The summed E-state index contributed by atoms with van der Waals surface area (Å²) in [5.41, 5.74) is 0.482. The molecule has 0 unspecified atom stereocenters. The number of alkyl halides is 2. The van der Waals surface area contributed by atoms with Gasteiger partial charge in [-0.25, -0.2) is 8.78 Å². The van der Waals surface area contributed by atoms with Crippen LogP contribution in [0.15, 0.2) is 30.5 Å². The highest BCUT2D eigenvalue weighted by Gasteiger charge is 2.59. The largest absolute Gasteiger partial charge is 0.497 e. The number of carbonyl (C=O) groups excluding carboxylic acids is 2. The lowest BCUT2D eigenvalue weighted by Gasteiger charge is -2.46. The molecule has 216 valence electrons. The van der Waals surface area contributed by atoms with Crippen LogP contribution in [0.2, 0.25) is 5.02 Å². The van der Waals surface area contributed by atoms with Crippen molar-refractivity contribution in [1.29, 1.82) is 0 Å². The third-order valence-electron chi connectivity index (χ3n) is 8.33. The zero-order valence-electron chi connectivity index (χ0n) is 22.6. The Morgan fingerprint density at radius 2 is 1.98 bits per heavy atom. The van der Waals surface area contributed by atoms with Crippen LogP contribution in [0.5, 0.6) is 5.75 Å². The number of amides is 2.